The van der Waals surface area contributed by atoms with E-state index in [1.165, 1.54) is 7.11 Å². The zero-order valence-electron chi connectivity index (χ0n) is 15.8. The van der Waals surface area contributed by atoms with Gasteiger partial charge < -0.3 is 9.47 Å². The number of hydrogen-bond acceptors (Lipinski definition) is 5. The third-order valence-corrected chi connectivity index (χ3v) is 4.19. The normalized spacial score (nSPS) is 11.5. The number of anilines is 1. The van der Waals surface area contributed by atoms with E-state index in [1.54, 1.807) is 29.9 Å². The van der Waals surface area contributed by atoms with E-state index < -0.39 is 0 Å². The van der Waals surface area contributed by atoms with Gasteiger partial charge >= 0.3 is 0 Å². The van der Waals surface area contributed by atoms with Crippen molar-refractivity contribution in [3.63, 3.8) is 0 Å². The molecule has 1 N–H and O–H groups in total. The molecular weight excluding hydrogens is 344 g/mol. The second kappa shape index (κ2) is 7.90. The SMILES string of the molecule is CCN=c1c2ccccc2nc(NC(=O)c2ccc(OC)cc2OC)n1C. The Morgan fingerprint density at radius 3 is 2.67 bits per heavy atom. The molecule has 0 aliphatic rings. The molecule has 7 nitrogen and oxygen atoms in total. The summed E-state index contributed by atoms with van der Waals surface area (Å²) in [6.45, 7) is 2.59. The van der Waals surface area contributed by atoms with Gasteiger partial charge in [0.15, 0.2) is 0 Å². The first-order chi connectivity index (χ1) is 13.1. The fourth-order valence-corrected chi connectivity index (χ4v) is 2.84. The third kappa shape index (κ3) is 3.62. The Hall–Kier alpha value is -3.35. The summed E-state index contributed by atoms with van der Waals surface area (Å²) in [5.41, 5.74) is 1.92. The molecule has 0 fully saturated rings. The second-order valence-electron chi connectivity index (χ2n) is 5.83. The molecule has 7 heteroatoms. The average molecular weight is 366 g/mol. The smallest absolute Gasteiger partial charge is 0.261 e. The van der Waals surface area contributed by atoms with Gasteiger partial charge in [-0.1, -0.05) is 12.1 Å². The standard InChI is InChI=1S/C20H22N4O3/c1-5-21-18-14-8-6-7-9-16(14)22-20(24(18)2)23-19(25)15-11-10-13(26-3)12-17(15)27-4/h6-12H,5H2,1-4H3,(H,22,23,25). The number of carbonyl (C=O) groups excluding carboxylic acids is 1. The van der Waals surface area contributed by atoms with Crippen LogP contribution in [0.2, 0.25) is 0 Å². The molecule has 0 bridgehead atoms. The summed E-state index contributed by atoms with van der Waals surface area (Å²) in [4.78, 5) is 22.0. The number of fused-ring (bicyclic) bond motifs is 1. The monoisotopic (exact) mass is 366 g/mol. The van der Waals surface area contributed by atoms with Crippen LogP contribution in [0.25, 0.3) is 10.9 Å². The summed E-state index contributed by atoms with van der Waals surface area (Å²) >= 11 is 0. The molecule has 2 aromatic carbocycles. The zero-order valence-corrected chi connectivity index (χ0v) is 15.8. The summed E-state index contributed by atoms with van der Waals surface area (Å²) in [5.74, 6) is 1.12. The second-order valence-corrected chi connectivity index (χ2v) is 5.83. The van der Waals surface area contributed by atoms with E-state index in [2.05, 4.69) is 15.3 Å². The van der Waals surface area contributed by atoms with Gasteiger partial charge in [-0.05, 0) is 31.2 Å². The summed E-state index contributed by atoms with van der Waals surface area (Å²) in [6.07, 6.45) is 0. The lowest BCUT2D eigenvalue weighted by atomic mass is 10.1. The molecule has 3 rings (SSSR count). The number of aromatic nitrogens is 2. The molecule has 0 radical (unpaired) electrons. The van der Waals surface area contributed by atoms with Gasteiger partial charge in [0.05, 0.1) is 25.3 Å². The van der Waals surface area contributed by atoms with Crippen LogP contribution in [0, 0.1) is 0 Å². The minimum absolute atomic E-state index is 0.324. The van der Waals surface area contributed by atoms with E-state index in [0.29, 0.717) is 29.6 Å². The molecule has 0 saturated heterocycles. The molecule has 1 amide bonds. The maximum Gasteiger partial charge on any atom is 0.261 e. The van der Waals surface area contributed by atoms with Crippen molar-refractivity contribution in [3.8, 4) is 11.5 Å². The van der Waals surface area contributed by atoms with Crippen molar-refractivity contribution in [2.75, 3.05) is 26.1 Å². The summed E-state index contributed by atoms with van der Waals surface area (Å²) in [7, 11) is 4.90. The van der Waals surface area contributed by atoms with Gasteiger partial charge in [0.1, 0.15) is 17.0 Å². The van der Waals surface area contributed by atoms with E-state index in [1.807, 2.05) is 38.2 Å². The molecule has 0 unspecified atom stereocenters. The number of hydrogen-bond donors (Lipinski definition) is 1. The molecule has 1 heterocycles. The van der Waals surface area contributed by atoms with Gasteiger partial charge in [-0.15, -0.1) is 0 Å². The van der Waals surface area contributed by atoms with E-state index in [-0.39, 0.29) is 5.91 Å². The van der Waals surface area contributed by atoms with Gasteiger partial charge in [0, 0.05) is 25.0 Å². The van der Waals surface area contributed by atoms with E-state index in [0.717, 1.165) is 16.4 Å². The van der Waals surface area contributed by atoms with Crippen molar-refractivity contribution >= 4 is 22.8 Å². The van der Waals surface area contributed by atoms with Gasteiger partial charge in [0.25, 0.3) is 5.91 Å². The number of amides is 1. The molecule has 1 aromatic heterocycles. The van der Waals surface area contributed by atoms with Gasteiger partial charge in [0.2, 0.25) is 5.95 Å². The molecule has 0 spiro atoms. The number of benzene rings is 2. The lowest BCUT2D eigenvalue weighted by molar-refractivity contribution is 0.102. The van der Waals surface area contributed by atoms with E-state index in [4.69, 9.17) is 9.47 Å². The first-order valence-corrected chi connectivity index (χ1v) is 8.58. The van der Waals surface area contributed by atoms with Crippen LogP contribution in [-0.2, 0) is 7.05 Å². The van der Waals surface area contributed by atoms with E-state index >= 15 is 0 Å². The molecule has 140 valence electrons. The molecule has 0 aliphatic heterocycles. The predicted molar refractivity (Wildman–Crippen MR) is 104 cm³/mol. The number of rotatable bonds is 5. The van der Waals surface area contributed by atoms with Crippen LogP contribution in [0.15, 0.2) is 47.5 Å². The van der Waals surface area contributed by atoms with Crippen LogP contribution >= 0.6 is 0 Å². The summed E-state index contributed by atoms with van der Waals surface area (Å²) in [6, 6.07) is 12.7. The highest BCUT2D eigenvalue weighted by molar-refractivity contribution is 6.05. The number of carbonyl (C=O) groups is 1. The van der Waals surface area contributed by atoms with Crippen molar-refractivity contribution < 1.29 is 14.3 Å². The number of para-hydroxylation sites is 1. The fraction of sp³-hybridized carbons (Fsp3) is 0.250. The Bertz CT molecular complexity index is 1060. The first kappa shape index (κ1) is 18.4. The highest BCUT2D eigenvalue weighted by Gasteiger charge is 2.16. The Morgan fingerprint density at radius 2 is 1.96 bits per heavy atom. The minimum atomic E-state index is -0.324. The minimum Gasteiger partial charge on any atom is -0.497 e. The Morgan fingerprint density at radius 1 is 1.19 bits per heavy atom. The van der Waals surface area contributed by atoms with E-state index in [9.17, 15) is 4.79 Å². The first-order valence-electron chi connectivity index (χ1n) is 8.58. The van der Waals surface area contributed by atoms with Crippen LogP contribution in [0.4, 0.5) is 5.95 Å². The van der Waals surface area contributed by atoms with Crippen molar-refractivity contribution in [2.45, 2.75) is 6.92 Å². The van der Waals surface area contributed by atoms with Crippen molar-refractivity contribution in [1.29, 1.82) is 0 Å². The number of nitrogens with zero attached hydrogens (tertiary/aromatic N) is 3. The zero-order chi connectivity index (χ0) is 19.4. The van der Waals surface area contributed by atoms with Crippen LogP contribution in [-0.4, -0.2) is 36.2 Å². The van der Waals surface area contributed by atoms with Crippen molar-refractivity contribution in [1.82, 2.24) is 9.55 Å². The third-order valence-electron chi connectivity index (χ3n) is 4.19. The van der Waals surface area contributed by atoms with Gasteiger partial charge in [-0.2, -0.15) is 0 Å². The molecule has 0 atom stereocenters. The van der Waals surface area contributed by atoms with Crippen molar-refractivity contribution in [2.24, 2.45) is 12.0 Å². The van der Waals surface area contributed by atoms with Crippen LogP contribution in [0.3, 0.4) is 0 Å². The van der Waals surface area contributed by atoms with Gasteiger partial charge in [-0.3, -0.25) is 19.7 Å². The molecule has 27 heavy (non-hydrogen) atoms. The molecular formula is C20H22N4O3. The molecule has 3 aromatic rings. The maximum atomic E-state index is 12.8. The van der Waals surface area contributed by atoms with Crippen LogP contribution in [0.5, 0.6) is 11.5 Å². The van der Waals surface area contributed by atoms with Crippen LogP contribution < -0.4 is 20.3 Å². The average Bonchev–Trinajstić information content (AvgIpc) is 2.70. The highest BCUT2D eigenvalue weighted by atomic mass is 16.5. The Balaban J connectivity index is 2.06. The Kier molecular flexibility index (Phi) is 5.40. The largest absolute Gasteiger partial charge is 0.497 e. The highest BCUT2D eigenvalue weighted by Crippen LogP contribution is 2.25. The fourth-order valence-electron chi connectivity index (χ4n) is 2.84. The van der Waals surface area contributed by atoms with Gasteiger partial charge in [-0.25, -0.2) is 4.98 Å². The van der Waals surface area contributed by atoms with Crippen LogP contribution in [0.1, 0.15) is 17.3 Å². The number of ether oxygens (including phenoxy) is 2. The Labute approximate surface area is 157 Å². The molecule has 0 aliphatic carbocycles. The maximum absolute atomic E-state index is 12.8. The summed E-state index contributed by atoms with van der Waals surface area (Å²) in [5, 5.41) is 3.79. The lowest BCUT2D eigenvalue weighted by Gasteiger charge is -2.14. The number of methoxy groups -OCH3 is 2. The quantitative estimate of drug-likeness (QED) is 0.753. The lowest BCUT2D eigenvalue weighted by Crippen LogP contribution is -2.26. The summed E-state index contributed by atoms with van der Waals surface area (Å²) < 4.78 is 12.3. The topological polar surface area (TPSA) is 77.7 Å². The number of nitrogens with one attached hydrogen (secondary N) is 1. The predicted octanol–water partition coefficient (Wildman–Crippen LogP) is 2.76. The van der Waals surface area contributed by atoms with Crippen molar-refractivity contribution in [3.05, 3.63) is 53.5 Å². The molecule has 0 saturated carbocycles.